The molecule has 1 amide bonds. The molecule has 0 aliphatic rings. The number of nitrogens with one attached hydrogen (secondary N) is 1. The SMILES string of the molecule is COc1cc(C)c(-c2nc3ccccc3c(=O)n2N=Cc2cc(Br)c(OCC(=O)Nc3ccc(C)cc3)c([N+](=O)[O-])c2)cc1C(C)C. The molecule has 12 heteroatoms. The minimum atomic E-state index is -0.612. The lowest BCUT2D eigenvalue weighted by Gasteiger charge is -2.17. The van der Waals surface area contributed by atoms with Crippen LogP contribution < -0.4 is 20.3 Å². The van der Waals surface area contributed by atoms with Crippen molar-refractivity contribution in [2.24, 2.45) is 5.10 Å². The molecule has 47 heavy (non-hydrogen) atoms. The normalized spacial score (nSPS) is 11.3. The van der Waals surface area contributed by atoms with Gasteiger partial charge in [-0.15, -0.1) is 0 Å². The van der Waals surface area contributed by atoms with Crippen molar-refractivity contribution in [3.8, 4) is 22.9 Å². The van der Waals surface area contributed by atoms with Crippen molar-refractivity contribution in [1.29, 1.82) is 0 Å². The van der Waals surface area contributed by atoms with E-state index in [1.54, 1.807) is 49.6 Å². The summed E-state index contributed by atoms with van der Waals surface area (Å²) in [5.74, 6) is 0.560. The number of nitro benzene ring substituents is 1. The number of carbonyl (C=O) groups is 1. The van der Waals surface area contributed by atoms with Crippen molar-refractivity contribution in [3.63, 3.8) is 0 Å². The third-order valence-electron chi connectivity index (χ3n) is 7.44. The molecule has 240 valence electrons. The molecule has 0 saturated carbocycles. The zero-order valence-electron chi connectivity index (χ0n) is 26.4. The van der Waals surface area contributed by atoms with E-state index in [0.717, 1.165) is 22.4 Å². The Morgan fingerprint density at radius 1 is 1.11 bits per heavy atom. The summed E-state index contributed by atoms with van der Waals surface area (Å²) in [7, 11) is 1.61. The van der Waals surface area contributed by atoms with Crippen LogP contribution in [0.5, 0.6) is 11.5 Å². The summed E-state index contributed by atoms with van der Waals surface area (Å²) < 4.78 is 12.6. The Morgan fingerprint density at radius 2 is 1.83 bits per heavy atom. The van der Waals surface area contributed by atoms with Crippen molar-refractivity contribution in [2.45, 2.75) is 33.6 Å². The second-order valence-corrected chi connectivity index (χ2v) is 12.0. The Morgan fingerprint density at radius 3 is 2.51 bits per heavy atom. The molecule has 1 heterocycles. The zero-order chi connectivity index (χ0) is 33.8. The molecule has 0 atom stereocenters. The maximum absolute atomic E-state index is 13.8. The fourth-order valence-electron chi connectivity index (χ4n) is 5.02. The summed E-state index contributed by atoms with van der Waals surface area (Å²) in [6, 6.07) is 20.9. The lowest BCUT2D eigenvalue weighted by Crippen LogP contribution is -2.21. The molecule has 5 rings (SSSR count). The van der Waals surface area contributed by atoms with Crippen LogP contribution in [0.3, 0.4) is 0 Å². The third kappa shape index (κ3) is 7.23. The van der Waals surface area contributed by atoms with Crippen LogP contribution in [0.15, 0.2) is 87.2 Å². The Balaban J connectivity index is 1.53. The van der Waals surface area contributed by atoms with E-state index in [1.165, 1.54) is 17.0 Å². The van der Waals surface area contributed by atoms with Gasteiger partial charge in [0.1, 0.15) is 5.75 Å². The van der Waals surface area contributed by atoms with Gasteiger partial charge in [-0.25, -0.2) is 4.98 Å². The van der Waals surface area contributed by atoms with Gasteiger partial charge in [-0.3, -0.25) is 19.7 Å². The molecule has 0 radical (unpaired) electrons. The Labute approximate surface area is 279 Å². The van der Waals surface area contributed by atoms with E-state index in [4.69, 9.17) is 14.5 Å². The monoisotopic (exact) mass is 697 g/mol. The number of rotatable bonds is 10. The fourth-order valence-corrected chi connectivity index (χ4v) is 5.60. The van der Waals surface area contributed by atoms with E-state index in [9.17, 15) is 19.7 Å². The first-order chi connectivity index (χ1) is 22.5. The molecule has 0 bridgehead atoms. The Kier molecular flexibility index (Phi) is 9.80. The van der Waals surface area contributed by atoms with E-state index in [2.05, 4.69) is 26.3 Å². The van der Waals surface area contributed by atoms with E-state index in [-0.39, 0.29) is 21.8 Å². The van der Waals surface area contributed by atoms with E-state index in [0.29, 0.717) is 33.5 Å². The van der Waals surface area contributed by atoms with Gasteiger partial charge in [0.05, 0.1) is 33.6 Å². The van der Waals surface area contributed by atoms with Crippen LogP contribution in [-0.4, -0.2) is 40.4 Å². The van der Waals surface area contributed by atoms with E-state index >= 15 is 0 Å². The van der Waals surface area contributed by atoms with Gasteiger partial charge < -0.3 is 14.8 Å². The highest BCUT2D eigenvalue weighted by atomic mass is 79.9. The molecule has 1 N–H and O–H groups in total. The lowest BCUT2D eigenvalue weighted by molar-refractivity contribution is -0.385. The highest BCUT2D eigenvalue weighted by molar-refractivity contribution is 9.10. The average molecular weight is 699 g/mol. The van der Waals surface area contributed by atoms with Crippen LogP contribution >= 0.6 is 15.9 Å². The summed E-state index contributed by atoms with van der Waals surface area (Å²) in [4.78, 5) is 42.6. The maximum Gasteiger partial charge on any atom is 0.312 e. The van der Waals surface area contributed by atoms with Crippen molar-refractivity contribution in [2.75, 3.05) is 19.0 Å². The quantitative estimate of drug-likeness (QED) is 0.0913. The van der Waals surface area contributed by atoms with Gasteiger partial charge in [-0.1, -0.05) is 43.7 Å². The van der Waals surface area contributed by atoms with Crippen LogP contribution in [0, 0.1) is 24.0 Å². The first kappa shape index (κ1) is 33.0. The van der Waals surface area contributed by atoms with Crippen molar-refractivity contribution in [3.05, 3.63) is 120 Å². The van der Waals surface area contributed by atoms with Gasteiger partial charge in [0, 0.05) is 22.9 Å². The molecule has 11 nitrogen and oxygen atoms in total. The number of halogens is 1. The highest BCUT2D eigenvalue weighted by Gasteiger charge is 2.22. The van der Waals surface area contributed by atoms with Crippen LogP contribution in [0.25, 0.3) is 22.3 Å². The predicted octanol–water partition coefficient (Wildman–Crippen LogP) is 7.38. The van der Waals surface area contributed by atoms with E-state index < -0.39 is 23.0 Å². The molecular weight excluding hydrogens is 666 g/mol. The number of nitrogens with zero attached hydrogens (tertiary/aromatic N) is 4. The molecule has 0 aliphatic heterocycles. The number of hydrogen-bond donors (Lipinski definition) is 1. The summed E-state index contributed by atoms with van der Waals surface area (Å²) >= 11 is 3.34. The molecule has 5 aromatic rings. The molecular formula is C35H32BrN5O6. The standard InChI is InChI=1S/C35H32BrN5O6/c1-20(2)26-17-27(22(4)14-31(26)46-5)34-39-29-9-7-6-8-25(29)35(43)40(34)37-18-23-15-28(36)33(30(16-23)41(44)45)47-19-32(42)38-24-12-10-21(3)11-13-24/h6-18,20H,19H2,1-5H3,(H,38,42). The molecule has 0 saturated heterocycles. The van der Waals surface area contributed by atoms with Crippen molar-refractivity contribution in [1.82, 2.24) is 9.66 Å². The molecule has 0 spiro atoms. The number of aryl methyl sites for hydroxylation is 2. The number of amides is 1. The number of benzene rings is 4. The van der Waals surface area contributed by atoms with Crippen LogP contribution in [-0.2, 0) is 4.79 Å². The van der Waals surface area contributed by atoms with Crippen molar-refractivity contribution >= 4 is 50.3 Å². The fraction of sp³-hybridized carbons (Fsp3) is 0.200. The lowest BCUT2D eigenvalue weighted by atomic mass is 9.96. The Hall–Kier alpha value is -5.36. The largest absolute Gasteiger partial charge is 0.496 e. The number of carbonyl (C=O) groups excluding carboxylic acids is 1. The first-order valence-corrected chi connectivity index (χ1v) is 15.5. The number of para-hydroxylation sites is 1. The molecule has 0 aliphatic carbocycles. The first-order valence-electron chi connectivity index (χ1n) is 14.7. The summed E-state index contributed by atoms with van der Waals surface area (Å²) in [6.45, 7) is 7.47. The highest BCUT2D eigenvalue weighted by Crippen LogP contribution is 2.37. The summed E-state index contributed by atoms with van der Waals surface area (Å²) in [5.41, 5.74) is 4.08. The molecule has 4 aromatic carbocycles. The molecule has 0 unspecified atom stereocenters. The zero-order valence-corrected chi connectivity index (χ0v) is 28.0. The second kappa shape index (κ2) is 14.0. The predicted molar refractivity (Wildman–Crippen MR) is 186 cm³/mol. The summed E-state index contributed by atoms with van der Waals surface area (Å²) in [6.07, 6.45) is 1.34. The molecule has 0 fully saturated rings. The van der Waals surface area contributed by atoms with Gasteiger partial charge >= 0.3 is 5.69 Å². The van der Waals surface area contributed by atoms with Crippen LogP contribution in [0.4, 0.5) is 11.4 Å². The minimum absolute atomic E-state index is 0.119. The number of nitro groups is 1. The average Bonchev–Trinajstić information content (AvgIpc) is 3.04. The number of fused-ring (bicyclic) bond motifs is 1. The van der Waals surface area contributed by atoms with Gasteiger partial charge in [0.15, 0.2) is 12.4 Å². The van der Waals surface area contributed by atoms with Gasteiger partial charge in [0.25, 0.3) is 11.5 Å². The smallest absolute Gasteiger partial charge is 0.312 e. The third-order valence-corrected chi connectivity index (χ3v) is 8.03. The van der Waals surface area contributed by atoms with Gasteiger partial charge in [-0.05, 0) is 89.3 Å². The number of methoxy groups -OCH3 is 1. The number of ether oxygens (including phenoxy) is 2. The van der Waals surface area contributed by atoms with Gasteiger partial charge in [0.2, 0.25) is 5.75 Å². The van der Waals surface area contributed by atoms with Crippen LogP contribution in [0.1, 0.15) is 42.0 Å². The number of hydrogen-bond acceptors (Lipinski definition) is 8. The Bertz CT molecular complexity index is 2090. The number of anilines is 1. The summed E-state index contributed by atoms with van der Waals surface area (Å²) in [5, 5.41) is 19.6. The number of aromatic nitrogens is 2. The second-order valence-electron chi connectivity index (χ2n) is 11.2. The molecule has 1 aromatic heterocycles. The topological polar surface area (TPSA) is 138 Å². The maximum atomic E-state index is 13.8. The van der Waals surface area contributed by atoms with Crippen molar-refractivity contribution < 1.29 is 19.2 Å². The van der Waals surface area contributed by atoms with E-state index in [1.807, 2.05) is 52.0 Å². The van der Waals surface area contributed by atoms with Gasteiger partial charge in [-0.2, -0.15) is 9.78 Å². The minimum Gasteiger partial charge on any atom is -0.496 e. The van der Waals surface area contributed by atoms with Crippen LogP contribution in [0.2, 0.25) is 0 Å².